The minimum absolute atomic E-state index is 0.0713. The molecule has 2 heterocycles. The van der Waals surface area contributed by atoms with Gasteiger partial charge in [0.15, 0.2) is 6.10 Å². The highest BCUT2D eigenvalue weighted by Crippen LogP contribution is 2.31. The molecule has 1 fully saturated rings. The SMILES string of the molecule is CC(C)(C)C1=CCN(C(=O)[C@@H]2CC[C@H](C(=O)O)O2)CC1. The first kappa shape index (κ1) is 15.0. The lowest BCUT2D eigenvalue weighted by Crippen LogP contribution is -2.42. The predicted molar refractivity (Wildman–Crippen MR) is 74.3 cm³/mol. The summed E-state index contributed by atoms with van der Waals surface area (Å²) in [5.41, 5.74) is 1.52. The topological polar surface area (TPSA) is 66.8 Å². The van der Waals surface area contributed by atoms with Gasteiger partial charge in [0.2, 0.25) is 0 Å². The largest absolute Gasteiger partial charge is 0.479 e. The standard InChI is InChI=1S/C15H23NO4/c1-15(2,3)10-6-8-16(9-7-10)13(17)11-4-5-12(20-11)14(18)19/h6,11-12H,4-5,7-9H2,1-3H3,(H,18,19)/t11-,12+/m0/s1. The molecule has 0 aromatic rings. The number of carboxylic acids is 1. The van der Waals surface area contributed by atoms with Gasteiger partial charge >= 0.3 is 5.97 Å². The number of hydrogen-bond acceptors (Lipinski definition) is 3. The smallest absolute Gasteiger partial charge is 0.332 e. The van der Waals surface area contributed by atoms with Gasteiger partial charge in [-0.15, -0.1) is 0 Å². The fourth-order valence-corrected chi connectivity index (χ4v) is 2.75. The Bertz CT molecular complexity index is 436. The lowest BCUT2D eigenvalue weighted by molar-refractivity contribution is -0.154. The van der Waals surface area contributed by atoms with E-state index in [1.807, 2.05) is 0 Å². The van der Waals surface area contributed by atoms with Crippen LogP contribution in [0.25, 0.3) is 0 Å². The summed E-state index contributed by atoms with van der Waals surface area (Å²) in [6, 6.07) is 0. The van der Waals surface area contributed by atoms with Crippen LogP contribution in [0.5, 0.6) is 0 Å². The maximum absolute atomic E-state index is 12.3. The molecule has 0 aliphatic carbocycles. The molecule has 0 radical (unpaired) electrons. The van der Waals surface area contributed by atoms with Crippen molar-refractivity contribution in [2.24, 2.45) is 5.41 Å². The van der Waals surface area contributed by atoms with Crippen molar-refractivity contribution in [3.8, 4) is 0 Å². The third-order valence-corrected chi connectivity index (χ3v) is 4.05. The molecule has 0 aromatic carbocycles. The minimum Gasteiger partial charge on any atom is -0.479 e. The number of carbonyl (C=O) groups excluding carboxylic acids is 1. The normalized spacial score (nSPS) is 27.4. The van der Waals surface area contributed by atoms with E-state index < -0.39 is 18.2 Å². The Hall–Kier alpha value is -1.36. The van der Waals surface area contributed by atoms with Crippen molar-refractivity contribution in [2.45, 2.75) is 52.2 Å². The molecule has 0 bridgehead atoms. The Kier molecular flexibility index (Phi) is 4.18. The summed E-state index contributed by atoms with van der Waals surface area (Å²) >= 11 is 0. The second-order valence-electron chi connectivity index (χ2n) is 6.54. The summed E-state index contributed by atoms with van der Waals surface area (Å²) in [7, 11) is 0. The quantitative estimate of drug-likeness (QED) is 0.784. The number of aliphatic carboxylic acids is 1. The van der Waals surface area contributed by atoms with Crippen LogP contribution >= 0.6 is 0 Å². The zero-order chi connectivity index (χ0) is 14.9. The van der Waals surface area contributed by atoms with Gasteiger partial charge < -0.3 is 14.7 Å². The molecule has 112 valence electrons. The molecule has 2 rings (SSSR count). The summed E-state index contributed by atoms with van der Waals surface area (Å²) < 4.78 is 5.32. The third kappa shape index (κ3) is 3.20. The van der Waals surface area contributed by atoms with Crippen molar-refractivity contribution in [1.29, 1.82) is 0 Å². The van der Waals surface area contributed by atoms with E-state index in [9.17, 15) is 9.59 Å². The van der Waals surface area contributed by atoms with Crippen molar-refractivity contribution in [1.82, 2.24) is 4.90 Å². The fraction of sp³-hybridized carbons (Fsp3) is 0.733. The number of ether oxygens (including phenoxy) is 1. The van der Waals surface area contributed by atoms with Gasteiger partial charge in [0.25, 0.3) is 5.91 Å². The zero-order valence-electron chi connectivity index (χ0n) is 12.4. The molecule has 0 spiro atoms. The van der Waals surface area contributed by atoms with Gasteiger partial charge in [0, 0.05) is 13.1 Å². The molecule has 1 N–H and O–H groups in total. The Morgan fingerprint density at radius 1 is 1.30 bits per heavy atom. The van der Waals surface area contributed by atoms with Crippen molar-refractivity contribution in [3.63, 3.8) is 0 Å². The molecule has 2 aliphatic rings. The van der Waals surface area contributed by atoms with Crippen LogP contribution < -0.4 is 0 Å². The molecule has 20 heavy (non-hydrogen) atoms. The highest BCUT2D eigenvalue weighted by molar-refractivity contribution is 5.83. The third-order valence-electron chi connectivity index (χ3n) is 4.05. The van der Waals surface area contributed by atoms with Crippen LogP contribution in [-0.4, -0.2) is 47.2 Å². The minimum atomic E-state index is -0.978. The second-order valence-corrected chi connectivity index (χ2v) is 6.54. The van der Waals surface area contributed by atoms with Crippen molar-refractivity contribution >= 4 is 11.9 Å². The maximum Gasteiger partial charge on any atom is 0.332 e. The fourth-order valence-electron chi connectivity index (χ4n) is 2.75. The van der Waals surface area contributed by atoms with E-state index in [-0.39, 0.29) is 11.3 Å². The van der Waals surface area contributed by atoms with Crippen LogP contribution in [0.4, 0.5) is 0 Å². The van der Waals surface area contributed by atoms with E-state index >= 15 is 0 Å². The monoisotopic (exact) mass is 281 g/mol. The molecule has 0 saturated carbocycles. The highest BCUT2D eigenvalue weighted by Gasteiger charge is 2.37. The molecular weight excluding hydrogens is 258 g/mol. The molecule has 0 unspecified atom stereocenters. The zero-order valence-corrected chi connectivity index (χ0v) is 12.4. The van der Waals surface area contributed by atoms with Gasteiger partial charge in [-0.2, -0.15) is 0 Å². The highest BCUT2D eigenvalue weighted by atomic mass is 16.5. The van der Waals surface area contributed by atoms with Crippen LogP contribution in [0.1, 0.15) is 40.0 Å². The number of rotatable bonds is 2. The molecule has 0 aromatic heterocycles. The van der Waals surface area contributed by atoms with E-state index in [0.717, 1.165) is 6.42 Å². The first-order valence-corrected chi connectivity index (χ1v) is 7.15. The van der Waals surface area contributed by atoms with Crippen molar-refractivity contribution in [2.75, 3.05) is 13.1 Å². The number of carboxylic acid groups (broad SMARTS) is 1. The Labute approximate surface area is 119 Å². The van der Waals surface area contributed by atoms with E-state index in [1.165, 1.54) is 5.57 Å². The van der Waals surface area contributed by atoms with Crippen LogP contribution in [0.3, 0.4) is 0 Å². The van der Waals surface area contributed by atoms with Crippen LogP contribution in [0.2, 0.25) is 0 Å². The summed E-state index contributed by atoms with van der Waals surface area (Å²) in [5.74, 6) is -1.05. The van der Waals surface area contributed by atoms with Crippen LogP contribution in [-0.2, 0) is 14.3 Å². The Morgan fingerprint density at radius 3 is 2.40 bits per heavy atom. The molecule has 2 atom stereocenters. The Morgan fingerprint density at radius 2 is 1.95 bits per heavy atom. The number of amides is 1. The van der Waals surface area contributed by atoms with Crippen molar-refractivity contribution < 1.29 is 19.4 Å². The van der Waals surface area contributed by atoms with E-state index in [1.54, 1.807) is 4.90 Å². The number of carbonyl (C=O) groups is 2. The summed E-state index contributed by atoms with van der Waals surface area (Å²) in [6.45, 7) is 7.82. The molecule has 1 amide bonds. The van der Waals surface area contributed by atoms with Crippen LogP contribution in [0, 0.1) is 5.41 Å². The molecule has 2 aliphatic heterocycles. The van der Waals surface area contributed by atoms with Gasteiger partial charge in [0.1, 0.15) is 6.10 Å². The first-order valence-electron chi connectivity index (χ1n) is 7.15. The summed E-state index contributed by atoms with van der Waals surface area (Å²) in [6.07, 6.45) is 2.51. The first-order chi connectivity index (χ1) is 9.29. The molecule has 5 heteroatoms. The average molecular weight is 281 g/mol. The van der Waals surface area contributed by atoms with Gasteiger partial charge in [-0.25, -0.2) is 4.79 Å². The number of nitrogens with zero attached hydrogens (tertiary/aromatic N) is 1. The van der Waals surface area contributed by atoms with E-state index in [2.05, 4.69) is 26.8 Å². The maximum atomic E-state index is 12.3. The second kappa shape index (κ2) is 5.56. The molecule has 5 nitrogen and oxygen atoms in total. The summed E-state index contributed by atoms with van der Waals surface area (Å²) in [4.78, 5) is 24.9. The van der Waals surface area contributed by atoms with Gasteiger partial charge in [-0.3, -0.25) is 4.79 Å². The molecule has 1 saturated heterocycles. The van der Waals surface area contributed by atoms with Gasteiger partial charge in [-0.1, -0.05) is 32.4 Å². The van der Waals surface area contributed by atoms with Gasteiger partial charge in [-0.05, 0) is 24.7 Å². The van der Waals surface area contributed by atoms with Crippen molar-refractivity contribution in [3.05, 3.63) is 11.6 Å². The van der Waals surface area contributed by atoms with E-state index in [0.29, 0.717) is 25.9 Å². The Balaban J connectivity index is 1.93. The lowest BCUT2D eigenvalue weighted by Gasteiger charge is -2.33. The predicted octanol–water partition coefficient (Wildman–Crippen LogP) is 1.82. The average Bonchev–Trinajstić information content (AvgIpc) is 2.86. The van der Waals surface area contributed by atoms with Crippen LogP contribution in [0.15, 0.2) is 11.6 Å². The lowest BCUT2D eigenvalue weighted by atomic mass is 9.83. The van der Waals surface area contributed by atoms with E-state index in [4.69, 9.17) is 9.84 Å². The molecular formula is C15H23NO4. The van der Waals surface area contributed by atoms with Gasteiger partial charge in [0.05, 0.1) is 0 Å². The summed E-state index contributed by atoms with van der Waals surface area (Å²) in [5, 5.41) is 8.89. The number of hydrogen-bond donors (Lipinski definition) is 1.